The third kappa shape index (κ3) is 5.76. The van der Waals surface area contributed by atoms with Gasteiger partial charge >= 0.3 is 0 Å². The fraction of sp³-hybridized carbons (Fsp3) is 1.00. The van der Waals surface area contributed by atoms with Crippen molar-refractivity contribution in [2.75, 3.05) is 6.79 Å². The highest BCUT2D eigenvalue weighted by Crippen LogP contribution is 1.75. The molecular weight excluding hydrogens is 108 g/mol. The minimum atomic E-state index is -0.677. The molecule has 0 bridgehead atoms. The van der Waals surface area contributed by atoms with Crippen LogP contribution in [0.2, 0.25) is 0 Å². The highest BCUT2D eigenvalue weighted by Gasteiger charge is 1.81. The van der Waals surface area contributed by atoms with Crippen molar-refractivity contribution < 1.29 is 30.4 Å². The third-order valence-corrected chi connectivity index (χ3v) is 0.159. The van der Waals surface area contributed by atoms with Crippen LogP contribution in [0.25, 0.3) is 0 Å². The van der Waals surface area contributed by atoms with E-state index >= 15 is 0 Å². The van der Waals surface area contributed by atoms with Crippen LogP contribution in [0, 0.1) is 0 Å². The van der Waals surface area contributed by atoms with E-state index in [9.17, 15) is 0 Å². The summed E-state index contributed by atoms with van der Waals surface area (Å²) in [5.41, 5.74) is 0. The van der Waals surface area contributed by atoms with Gasteiger partial charge in [0.2, 0.25) is 0 Å². The number of rotatable bonds is 4. The van der Waals surface area contributed by atoms with Crippen LogP contribution in [0.1, 0.15) is 0 Å². The zero-order valence-corrected chi connectivity index (χ0v) is 3.23. The number of hydrogen-bond acceptors (Lipinski definition) is 6. The number of hydrogen-bond donors (Lipinski definition) is 2. The van der Waals surface area contributed by atoms with E-state index in [1.165, 1.54) is 0 Å². The van der Waals surface area contributed by atoms with Gasteiger partial charge in [0.15, 0.2) is 6.79 Å². The van der Waals surface area contributed by atoms with Gasteiger partial charge in [-0.2, -0.15) is 4.89 Å². The maximum absolute atomic E-state index is 7.73. The molecule has 0 saturated carbocycles. The first kappa shape index (κ1) is 6.76. The standard InChI is InChI=1S/CH4O6/c2-1-4-6-7-5-3/h2-3H,1H2. The van der Waals surface area contributed by atoms with Crippen molar-refractivity contribution in [1.29, 1.82) is 0 Å². The molecule has 0 fully saturated rings. The molecule has 0 unspecified atom stereocenters. The lowest BCUT2D eigenvalue weighted by Crippen LogP contribution is -1.95. The molecule has 2 N–H and O–H groups in total. The summed E-state index contributed by atoms with van der Waals surface area (Å²) in [5.74, 6) is 0. The van der Waals surface area contributed by atoms with Crippen molar-refractivity contribution in [2.45, 2.75) is 0 Å². The predicted molar refractivity (Wildman–Crippen MR) is 14.1 cm³/mol. The van der Waals surface area contributed by atoms with Crippen molar-refractivity contribution in [3.63, 3.8) is 0 Å². The van der Waals surface area contributed by atoms with Crippen molar-refractivity contribution in [3.05, 3.63) is 0 Å². The van der Waals surface area contributed by atoms with Crippen LogP contribution >= 0.6 is 0 Å². The van der Waals surface area contributed by atoms with Gasteiger partial charge in [0.1, 0.15) is 0 Å². The minimum Gasteiger partial charge on any atom is -0.368 e. The van der Waals surface area contributed by atoms with E-state index in [0.29, 0.717) is 0 Å². The Morgan fingerprint density at radius 2 is 2.00 bits per heavy atom. The number of aliphatic hydroxyl groups excluding tert-OH is 1. The largest absolute Gasteiger partial charge is 0.368 e. The van der Waals surface area contributed by atoms with Crippen molar-refractivity contribution in [1.82, 2.24) is 0 Å². The van der Waals surface area contributed by atoms with Gasteiger partial charge in [-0.05, 0) is 15.1 Å². The Balaban J connectivity index is 2.45. The Morgan fingerprint density at radius 1 is 1.29 bits per heavy atom. The Morgan fingerprint density at radius 3 is 2.43 bits per heavy atom. The highest BCUT2D eigenvalue weighted by molar-refractivity contribution is 3.61. The highest BCUT2D eigenvalue weighted by atomic mass is 17.8. The topological polar surface area (TPSA) is 77.4 Å². The first-order valence-electron chi connectivity index (χ1n) is 1.29. The molecule has 0 saturated heterocycles. The monoisotopic (exact) mass is 112 g/mol. The molecule has 0 rings (SSSR count). The van der Waals surface area contributed by atoms with E-state index in [-0.39, 0.29) is 0 Å². The molecule has 0 spiro atoms. The van der Waals surface area contributed by atoms with Gasteiger partial charge in [0.25, 0.3) is 0 Å². The Hall–Kier alpha value is -0.240. The summed E-state index contributed by atoms with van der Waals surface area (Å²) in [6.45, 7) is -0.677. The molecule has 0 aliphatic heterocycles. The predicted octanol–water partition coefficient (Wildman–Crippen LogP) is -0.779. The molecule has 0 radical (unpaired) electrons. The SMILES string of the molecule is OCOOOOO. The summed E-state index contributed by atoms with van der Waals surface area (Å²) in [5, 5.41) is 24.6. The van der Waals surface area contributed by atoms with Crippen LogP contribution in [0.15, 0.2) is 0 Å². The lowest BCUT2D eigenvalue weighted by Gasteiger charge is -1.90. The van der Waals surface area contributed by atoms with Gasteiger partial charge in [-0.3, -0.25) is 0 Å². The van der Waals surface area contributed by atoms with Gasteiger partial charge < -0.3 is 5.11 Å². The molecule has 0 amide bonds. The van der Waals surface area contributed by atoms with Crippen molar-refractivity contribution in [3.8, 4) is 0 Å². The zero-order chi connectivity index (χ0) is 5.54. The lowest BCUT2D eigenvalue weighted by molar-refractivity contribution is -0.706. The normalized spacial score (nSPS) is 9.43. The molecular formula is CH4O6. The van der Waals surface area contributed by atoms with E-state index in [2.05, 4.69) is 20.0 Å². The van der Waals surface area contributed by atoms with Crippen molar-refractivity contribution in [2.24, 2.45) is 0 Å². The number of aliphatic hydroxyl groups is 1. The maximum atomic E-state index is 7.73. The van der Waals surface area contributed by atoms with E-state index in [1.807, 2.05) is 0 Å². The molecule has 0 atom stereocenters. The van der Waals surface area contributed by atoms with Gasteiger partial charge in [0, 0.05) is 0 Å². The summed E-state index contributed by atoms with van der Waals surface area (Å²) in [6.07, 6.45) is 0. The molecule has 44 valence electrons. The Kier molecular flexibility index (Phi) is 5.56. The molecule has 0 heterocycles. The molecule has 6 heteroatoms. The second-order valence-corrected chi connectivity index (χ2v) is 0.458. The minimum absolute atomic E-state index is 0.677. The van der Waals surface area contributed by atoms with Crippen LogP contribution in [-0.2, 0) is 20.0 Å². The second-order valence-electron chi connectivity index (χ2n) is 0.458. The van der Waals surface area contributed by atoms with E-state index in [1.54, 1.807) is 0 Å². The van der Waals surface area contributed by atoms with Gasteiger partial charge in [-0.1, -0.05) is 0 Å². The van der Waals surface area contributed by atoms with Crippen LogP contribution in [0.5, 0.6) is 0 Å². The molecule has 0 aromatic carbocycles. The molecule has 7 heavy (non-hydrogen) atoms. The first-order chi connectivity index (χ1) is 3.41. The van der Waals surface area contributed by atoms with Gasteiger partial charge in [-0.25, -0.2) is 5.26 Å². The summed E-state index contributed by atoms with van der Waals surface area (Å²) in [4.78, 5) is 3.62. The van der Waals surface area contributed by atoms with Crippen LogP contribution < -0.4 is 0 Å². The molecule has 6 nitrogen and oxygen atoms in total. The zero-order valence-electron chi connectivity index (χ0n) is 3.23. The van der Waals surface area contributed by atoms with Gasteiger partial charge in [0.05, 0.1) is 0 Å². The fourth-order valence-electron chi connectivity index (χ4n) is 0.0536. The average Bonchev–Trinajstić information content (AvgIpc) is 1.69. The maximum Gasteiger partial charge on any atom is 0.181 e. The summed E-state index contributed by atoms with van der Waals surface area (Å²) < 4.78 is 0. The van der Waals surface area contributed by atoms with Gasteiger partial charge in [-0.15, -0.1) is 0 Å². The van der Waals surface area contributed by atoms with Crippen molar-refractivity contribution >= 4 is 0 Å². The summed E-state index contributed by atoms with van der Waals surface area (Å²) >= 11 is 0. The molecule has 0 aromatic heterocycles. The quantitative estimate of drug-likeness (QED) is 0.215. The van der Waals surface area contributed by atoms with Crippen LogP contribution in [0.4, 0.5) is 0 Å². The third-order valence-electron chi connectivity index (χ3n) is 0.159. The second kappa shape index (κ2) is 5.76. The van der Waals surface area contributed by atoms with Crippen LogP contribution in [0.3, 0.4) is 0 Å². The molecule has 0 aromatic rings. The van der Waals surface area contributed by atoms with E-state index < -0.39 is 6.79 Å². The summed E-state index contributed by atoms with van der Waals surface area (Å²) in [6, 6.07) is 0. The van der Waals surface area contributed by atoms with E-state index in [4.69, 9.17) is 10.4 Å². The molecule has 0 aliphatic rings. The van der Waals surface area contributed by atoms with E-state index in [0.717, 1.165) is 0 Å². The fourth-order valence-corrected chi connectivity index (χ4v) is 0.0536. The first-order valence-corrected chi connectivity index (χ1v) is 1.29. The lowest BCUT2D eigenvalue weighted by atomic mass is 11.5. The Bertz CT molecular complexity index is 23.4. The average molecular weight is 112 g/mol. The summed E-state index contributed by atoms with van der Waals surface area (Å²) in [7, 11) is 0. The Labute approximate surface area is 38.5 Å². The van der Waals surface area contributed by atoms with Crippen LogP contribution in [-0.4, -0.2) is 17.2 Å². The smallest absolute Gasteiger partial charge is 0.181 e. The molecule has 0 aliphatic carbocycles.